The number of rotatable bonds is 4. The van der Waals surface area contributed by atoms with Crippen LogP contribution in [0.2, 0.25) is 0 Å². The van der Waals surface area contributed by atoms with Gasteiger partial charge in [-0.25, -0.2) is 4.79 Å². The van der Waals surface area contributed by atoms with E-state index in [9.17, 15) is 9.59 Å². The van der Waals surface area contributed by atoms with Gasteiger partial charge in [0.2, 0.25) is 0 Å². The van der Waals surface area contributed by atoms with E-state index in [0.717, 1.165) is 6.08 Å². The van der Waals surface area contributed by atoms with Crippen LogP contribution in [0.5, 0.6) is 0 Å². The van der Waals surface area contributed by atoms with Gasteiger partial charge in [0.15, 0.2) is 5.82 Å². The maximum absolute atomic E-state index is 12.0. The summed E-state index contributed by atoms with van der Waals surface area (Å²) in [6.07, 6.45) is 2.36. The number of nitrogens with one attached hydrogen (secondary N) is 1. The third kappa shape index (κ3) is 3.29. The minimum atomic E-state index is -1.07. The van der Waals surface area contributed by atoms with E-state index < -0.39 is 5.97 Å². The van der Waals surface area contributed by atoms with Crippen LogP contribution in [0.25, 0.3) is 6.08 Å². The highest BCUT2D eigenvalue weighted by Gasteiger charge is 2.13. The zero-order valence-electron chi connectivity index (χ0n) is 9.91. The number of thiophene rings is 1. The Morgan fingerprint density at radius 3 is 2.95 bits per heavy atom. The Bertz CT molecular complexity index is 642. The Hall–Kier alpha value is -2.41. The molecule has 2 heterocycles. The highest BCUT2D eigenvalue weighted by molar-refractivity contribution is 7.12. The summed E-state index contributed by atoms with van der Waals surface area (Å²) in [6.45, 7) is 1.72. The number of carboxylic acid groups (broad SMARTS) is 1. The number of aliphatic carboxylic acids is 1. The van der Waals surface area contributed by atoms with Crippen LogP contribution in [0.1, 0.15) is 21.0 Å². The van der Waals surface area contributed by atoms with E-state index in [1.54, 1.807) is 24.4 Å². The molecule has 19 heavy (non-hydrogen) atoms. The van der Waals surface area contributed by atoms with Gasteiger partial charge >= 0.3 is 5.97 Å². The number of aromatic nitrogens is 1. The highest BCUT2D eigenvalue weighted by atomic mass is 32.1. The van der Waals surface area contributed by atoms with Gasteiger partial charge in [-0.05, 0) is 30.0 Å². The van der Waals surface area contributed by atoms with Gasteiger partial charge in [-0.3, -0.25) is 4.79 Å². The maximum Gasteiger partial charge on any atom is 0.328 e. The predicted molar refractivity (Wildman–Crippen MR) is 70.2 cm³/mol. The zero-order chi connectivity index (χ0) is 13.8. The number of carboxylic acids is 1. The first-order valence-corrected chi connectivity index (χ1v) is 6.17. The van der Waals surface area contributed by atoms with Crippen LogP contribution >= 0.6 is 11.3 Å². The average Bonchev–Trinajstić information content (AvgIpc) is 2.95. The Balaban J connectivity index is 2.15. The van der Waals surface area contributed by atoms with Crippen LogP contribution in [0, 0.1) is 6.92 Å². The fourth-order valence-electron chi connectivity index (χ4n) is 1.39. The van der Waals surface area contributed by atoms with Crippen LogP contribution < -0.4 is 5.32 Å². The van der Waals surface area contributed by atoms with Gasteiger partial charge in [0.1, 0.15) is 5.76 Å². The molecule has 2 aromatic heterocycles. The van der Waals surface area contributed by atoms with Gasteiger partial charge in [0.05, 0.1) is 4.88 Å². The molecular weight excluding hydrogens is 268 g/mol. The fraction of sp³-hybridized carbons (Fsp3) is 0.0833. The molecule has 0 bridgehead atoms. The monoisotopic (exact) mass is 278 g/mol. The molecular formula is C12H10N2O4S. The smallest absolute Gasteiger partial charge is 0.328 e. The molecule has 0 spiro atoms. The number of nitrogens with zero attached hydrogens (tertiary/aromatic N) is 1. The van der Waals surface area contributed by atoms with Gasteiger partial charge in [-0.1, -0.05) is 5.16 Å². The second kappa shape index (κ2) is 5.49. The molecule has 6 nitrogen and oxygen atoms in total. The number of aryl methyl sites for hydroxylation is 1. The van der Waals surface area contributed by atoms with E-state index >= 15 is 0 Å². The zero-order valence-corrected chi connectivity index (χ0v) is 10.7. The molecule has 0 atom stereocenters. The van der Waals surface area contributed by atoms with Gasteiger partial charge in [-0.15, -0.1) is 11.3 Å². The minimum Gasteiger partial charge on any atom is -0.478 e. The Morgan fingerprint density at radius 1 is 1.53 bits per heavy atom. The third-order valence-electron chi connectivity index (χ3n) is 2.18. The first-order chi connectivity index (χ1) is 9.06. The molecule has 0 saturated heterocycles. The van der Waals surface area contributed by atoms with Gasteiger partial charge in [0.25, 0.3) is 5.91 Å². The van der Waals surface area contributed by atoms with Crippen molar-refractivity contribution in [3.05, 3.63) is 39.8 Å². The summed E-state index contributed by atoms with van der Waals surface area (Å²) in [7, 11) is 0. The summed E-state index contributed by atoms with van der Waals surface area (Å²) < 4.78 is 4.84. The summed E-state index contributed by atoms with van der Waals surface area (Å²) in [6, 6.07) is 3.27. The molecule has 0 fully saturated rings. The summed E-state index contributed by atoms with van der Waals surface area (Å²) in [5.41, 5.74) is 0.546. The van der Waals surface area contributed by atoms with E-state index in [2.05, 4.69) is 10.5 Å². The molecule has 0 aliphatic rings. The third-order valence-corrected chi connectivity index (χ3v) is 3.11. The van der Waals surface area contributed by atoms with Crippen LogP contribution in [0.3, 0.4) is 0 Å². The lowest BCUT2D eigenvalue weighted by atomic mass is 10.2. The first-order valence-electron chi connectivity index (χ1n) is 5.29. The second-order valence-electron chi connectivity index (χ2n) is 3.65. The number of hydrogen-bond acceptors (Lipinski definition) is 5. The van der Waals surface area contributed by atoms with E-state index in [0.29, 0.717) is 22.0 Å². The van der Waals surface area contributed by atoms with Crippen molar-refractivity contribution < 1.29 is 19.2 Å². The average molecular weight is 278 g/mol. The van der Waals surface area contributed by atoms with E-state index in [1.807, 2.05) is 0 Å². The van der Waals surface area contributed by atoms with Crippen LogP contribution in [-0.2, 0) is 4.79 Å². The van der Waals surface area contributed by atoms with Crippen molar-refractivity contribution in [3.8, 4) is 0 Å². The summed E-state index contributed by atoms with van der Waals surface area (Å²) in [5.74, 6) is -0.505. The van der Waals surface area contributed by atoms with Crippen molar-refractivity contribution >= 4 is 35.1 Å². The molecule has 0 saturated carbocycles. The number of hydrogen-bond donors (Lipinski definition) is 2. The van der Waals surface area contributed by atoms with Crippen molar-refractivity contribution in [2.75, 3.05) is 5.32 Å². The molecule has 98 valence electrons. The molecule has 2 N–H and O–H groups in total. The van der Waals surface area contributed by atoms with Crippen LogP contribution in [-0.4, -0.2) is 22.1 Å². The van der Waals surface area contributed by atoms with Crippen molar-refractivity contribution in [3.63, 3.8) is 0 Å². The second-order valence-corrected chi connectivity index (χ2v) is 4.57. The van der Waals surface area contributed by atoms with Crippen molar-refractivity contribution in [2.24, 2.45) is 0 Å². The standard InChI is InChI=1S/C12H10N2O4S/c1-7-6-9(14-18-7)13-12(17)11-8(4-5-19-11)2-3-10(15)16/h2-6H,1H3,(H,15,16)(H,13,14,17). The van der Waals surface area contributed by atoms with Gasteiger partial charge < -0.3 is 14.9 Å². The van der Waals surface area contributed by atoms with E-state index in [1.165, 1.54) is 17.4 Å². The van der Waals surface area contributed by atoms with Crippen LogP contribution in [0.4, 0.5) is 5.82 Å². The Kier molecular flexibility index (Phi) is 3.76. The summed E-state index contributed by atoms with van der Waals surface area (Å²) in [5, 5.41) is 16.5. The highest BCUT2D eigenvalue weighted by Crippen LogP contribution is 2.20. The molecule has 0 aliphatic carbocycles. The quantitative estimate of drug-likeness (QED) is 0.838. The molecule has 0 radical (unpaired) electrons. The number of anilines is 1. The molecule has 7 heteroatoms. The predicted octanol–water partition coefficient (Wildman–Crippen LogP) is 2.39. The van der Waals surface area contributed by atoms with Gasteiger partial charge in [-0.2, -0.15) is 0 Å². The number of carbonyl (C=O) groups is 2. The fourth-order valence-corrected chi connectivity index (χ4v) is 2.18. The van der Waals surface area contributed by atoms with E-state index in [4.69, 9.17) is 9.63 Å². The SMILES string of the molecule is Cc1cc(NC(=O)c2sccc2C=CC(=O)O)no1. The molecule has 1 amide bonds. The lowest BCUT2D eigenvalue weighted by Crippen LogP contribution is -2.11. The van der Waals surface area contributed by atoms with Crippen molar-refractivity contribution in [2.45, 2.75) is 6.92 Å². The first kappa shape index (κ1) is 13.0. The van der Waals surface area contributed by atoms with Crippen LogP contribution in [0.15, 0.2) is 28.1 Å². The molecule has 0 unspecified atom stereocenters. The lowest BCUT2D eigenvalue weighted by Gasteiger charge is -1.99. The largest absolute Gasteiger partial charge is 0.478 e. The Morgan fingerprint density at radius 2 is 2.32 bits per heavy atom. The van der Waals surface area contributed by atoms with Crippen molar-refractivity contribution in [1.82, 2.24) is 5.16 Å². The van der Waals surface area contributed by atoms with Gasteiger partial charge in [0, 0.05) is 12.1 Å². The maximum atomic E-state index is 12.0. The minimum absolute atomic E-state index is 0.323. The Labute approximate surface area is 112 Å². The molecule has 0 aromatic carbocycles. The normalized spacial score (nSPS) is 10.8. The topological polar surface area (TPSA) is 92.4 Å². The lowest BCUT2D eigenvalue weighted by molar-refractivity contribution is -0.131. The van der Waals surface area contributed by atoms with E-state index in [-0.39, 0.29) is 5.91 Å². The summed E-state index contributed by atoms with van der Waals surface area (Å²) >= 11 is 1.22. The summed E-state index contributed by atoms with van der Waals surface area (Å²) in [4.78, 5) is 22.9. The molecule has 2 rings (SSSR count). The molecule has 2 aromatic rings. The van der Waals surface area contributed by atoms with Crippen molar-refractivity contribution in [1.29, 1.82) is 0 Å². The number of amides is 1. The molecule has 0 aliphatic heterocycles. The number of carbonyl (C=O) groups excluding carboxylic acids is 1.